The number of ether oxygens (including phenoxy) is 1. The van der Waals surface area contributed by atoms with E-state index in [4.69, 9.17) is 4.74 Å². The number of nitrogens with one attached hydrogen (secondary N) is 1. The zero-order chi connectivity index (χ0) is 18.7. The molecular weight excluding hydrogens is 457 g/mol. The smallest absolute Gasteiger partial charge is 0.414 e. The second-order valence-corrected chi connectivity index (χ2v) is 7.10. The first-order chi connectivity index (χ1) is 12.5. The lowest BCUT2D eigenvalue weighted by molar-refractivity contribution is -0.645. The quantitative estimate of drug-likeness (QED) is 0.486. The maximum absolute atomic E-state index is 12.7. The number of aromatic nitrogens is 1. The van der Waals surface area contributed by atoms with Crippen molar-refractivity contribution >= 4 is 22.9 Å². The molecule has 27 heavy (non-hydrogen) atoms. The van der Waals surface area contributed by atoms with E-state index in [1.54, 1.807) is 26.2 Å². The highest BCUT2D eigenvalue weighted by Gasteiger charge is 2.21. The van der Waals surface area contributed by atoms with Gasteiger partial charge in [-0.1, -0.05) is 25.3 Å². The topological polar surface area (TPSA) is 62.5 Å². The highest BCUT2D eigenvalue weighted by molar-refractivity contribution is 5.98. The van der Waals surface area contributed by atoms with Gasteiger partial charge in [-0.3, -0.25) is 4.79 Å². The molecule has 3 rings (SSSR count). The second-order valence-electron chi connectivity index (χ2n) is 7.10. The van der Waals surface area contributed by atoms with E-state index in [1.807, 2.05) is 29.9 Å². The molecule has 1 saturated carbocycles. The molecule has 0 aliphatic heterocycles. The Labute approximate surface area is 176 Å². The minimum absolute atomic E-state index is 0. The molecule has 0 unspecified atom stereocenters. The maximum atomic E-state index is 12.7. The zero-order valence-corrected chi connectivity index (χ0v) is 18.2. The molecule has 1 N–H and O–H groups in total. The number of halogens is 1. The maximum Gasteiger partial charge on any atom is 0.414 e. The van der Waals surface area contributed by atoms with Crippen LogP contribution < -0.4 is 38.6 Å². The van der Waals surface area contributed by atoms with Crippen LogP contribution in [0, 0.1) is 0 Å². The number of pyridine rings is 1. The molecule has 1 aromatic carbocycles. The molecule has 1 heterocycles. The van der Waals surface area contributed by atoms with Crippen LogP contribution >= 0.6 is 0 Å². The van der Waals surface area contributed by atoms with E-state index in [2.05, 4.69) is 5.32 Å². The summed E-state index contributed by atoms with van der Waals surface area (Å²) in [6.45, 7) is 0. The summed E-state index contributed by atoms with van der Waals surface area (Å²) in [5.74, 6) is 0.368. The fraction of sp³-hybridized carbons (Fsp3) is 0.450. The number of amides is 2. The Bertz CT molecular complexity index is 833. The lowest BCUT2D eigenvalue weighted by Gasteiger charge is -2.22. The first-order valence-corrected chi connectivity index (χ1v) is 9.08. The third-order valence-electron chi connectivity index (χ3n) is 4.82. The van der Waals surface area contributed by atoms with E-state index in [-0.39, 0.29) is 35.9 Å². The molecule has 6 nitrogen and oxygen atoms in total. The van der Waals surface area contributed by atoms with Crippen LogP contribution in [0.3, 0.4) is 0 Å². The average molecular weight is 483 g/mol. The van der Waals surface area contributed by atoms with Gasteiger partial charge in [-0.05, 0) is 25.0 Å². The molecule has 1 aromatic heterocycles. The summed E-state index contributed by atoms with van der Waals surface area (Å²) in [5, 5.41) is 3.87. The molecule has 0 saturated heterocycles. The molecule has 2 aromatic rings. The Morgan fingerprint density at radius 2 is 1.89 bits per heavy atom. The number of rotatable bonds is 3. The molecule has 2 amide bonds. The van der Waals surface area contributed by atoms with Gasteiger partial charge in [0.1, 0.15) is 18.4 Å². The highest BCUT2D eigenvalue weighted by Crippen LogP contribution is 2.25. The van der Waals surface area contributed by atoms with Crippen molar-refractivity contribution in [1.29, 1.82) is 0 Å². The van der Waals surface area contributed by atoms with E-state index >= 15 is 0 Å². The summed E-state index contributed by atoms with van der Waals surface area (Å²) in [6.07, 6.45) is 7.03. The van der Waals surface area contributed by atoms with Crippen LogP contribution in [0.4, 0.5) is 4.79 Å². The van der Waals surface area contributed by atoms with Gasteiger partial charge in [0.25, 0.3) is 5.91 Å². The van der Waals surface area contributed by atoms with Gasteiger partial charge in [-0.15, -0.1) is 0 Å². The second kappa shape index (κ2) is 9.34. The van der Waals surface area contributed by atoms with Crippen LogP contribution in [0.2, 0.25) is 0 Å². The molecule has 0 bridgehead atoms. The van der Waals surface area contributed by atoms with Crippen LogP contribution in [0.1, 0.15) is 42.5 Å². The largest absolute Gasteiger partial charge is 1.00 e. The number of fused-ring (bicyclic) bond motifs is 1. The van der Waals surface area contributed by atoms with E-state index in [0.717, 1.165) is 23.7 Å². The lowest BCUT2D eigenvalue weighted by Crippen LogP contribution is -3.00. The van der Waals surface area contributed by atoms with Gasteiger partial charge in [-0.2, -0.15) is 0 Å². The fourth-order valence-electron chi connectivity index (χ4n) is 3.37. The van der Waals surface area contributed by atoms with Crippen LogP contribution in [0.15, 0.2) is 30.5 Å². The monoisotopic (exact) mass is 483 g/mol. The number of hydrogen-bond acceptors (Lipinski definition) is 3. The molecule has 7 heteroatoms. The normalized spacial score (nSPS) is 14.3. The van der Waals surface area contributed by atoms with Crippen LogP contribution in [0.25, 0.3) is 10.9 Å². The number of carbonyl (C=O) groups excluding carboxylic acids is 2. The van der Waals surface area contributed by atoms with Gasteiger partial charge in [-0.25, -0.2) is 9.36 Å². The van der Waals surface area contributed by atoms with Crippen molar-refractivity contribution in [3.8, 4) is 5.75 Å². The Morgan fingerprint density at radius 3 is 2.56 bits per heavy atom. The molecule has 1 fully saturated rings. The van der Waals surface area contributed by atoms with Gasteiger partial charge >= 0.3 is 6.09 Å². The van der Waals surface area contributed by atoms with Crippen molar-refractivity contribution in [3.63, 3.8) is 0 Å². The summed E-state index contributed by atoms with van der Waals surface area (Å²) in [4.78, 5) is 26.0. The van der Waals surface area contributed by atoms with Crippen molar-refractivity contribution < 1.29 is 42.9 Å². The number of hydrogen-bond donors (Lipinski definition) is 1. The summed E-state index contributed by atoms with van der Waals surface area (Å²) in [6, 6.07) is 7.56. The Kier molecular flexibility index (Phi) is 7.41. The standard InChI is InChI=1S/C20H25N3O3.HI/c1-22(2)20(25)26-18-11-7-10-17-16(18)12-14(13-23(17)3)19(24)21-15-8-5-4-6-9-15;/h7,10-13,15H,4-6,8-9H2,1-3H3;1H. The SMILES string of the molecule is CN(C)C(=O)Oc1cccc2c1cc(C(=O)NC1CCCCC1)c[n+]2C.[I-]. The van der Waals surface area contributed by atoms with Crippen LogP contribution in [-0.4, -0.2) is 37.0 Å². The first-order valence-electron chi connectivity index (χ1n) is 9.08. The number of aryl methyl sites for hydroxylation is 1. The molecule has 0 spiro atoms. The van der Waals surface area contributed by atoms with Crippen molar-refractivity contribution in [2.24, 2.45) is 7.05 Å². The first kappa shape index (κ1) is 21.4. The number of benzene rings is 1. The van der Waals surface area contributed by atoms with E-state index in [9.17, 15) is 9.59 Å². The van der Waals surface area contributed by atoms with E-state index in [1.165, 1.54) is 24.2 Å². The minimum Gasteiger partial charge on any atom is -1.00 e. The average Bonchev–Trinajstić information content (AvgIpc) is 2.63. The summed E-state index contributed by atoms with van der Waals surface area (Å²) >= 11 is 0. The van der Waals surface area contributed by atoms with Crippen molar-refractivity contribution in [2.45, 2.75) is 38.1 Å². The molecule has 1 aliphatic carbocycles. The fourth-order valence-corrected chi connectivity index (χ4v) is 3.37. The van der Waals surface area contributed by atoms with Crippen LogP contribution in [-0.2, 0) is 7.05 Å². The minimum atomic E-state index is -0.447. The Hall–Kier alpha value is -1.90. The van der Waals surface area contributed by atoms with Gasteiger partial charge in [0.05, 0.1) is 5.39 Å². The predicted octanol–water partition coefficient (Wildman–Crippen LogP) is -0.209. The zero-order valence-electron chi connectivity index (χ0n) is 16.0. The lowest BCUT2D eigenvalue weighted by atomic mass is 9.95. The molecule has 0 radical (unpaired) electrons. The molecule has 1 aliphatic rings. The Balaban J connectivity index is 0.00000261. The van der Waals surface area contributed by atoms with Crippen molar-refractivity contribution in [2.75, 3.05) is 14.1 Å². The predicted molar refractivity (Wildman–Crippen MR) is 99.2 cm³/mol. The summed E-state index contributed by atoms with van der Waals surface area (Å²) in [7, 11) is 5.16. The van der Waals surface area contributed by atoms with Gasteiger partial charge < -0.3 is 38.9 Å². The van der Waals surface area contributed by atoms with E-state index in [0.29, 0.717) is 11.3 Å². The van der Waals surface area contributed by atoms with Crippen LogP contribution in [0.5, 0.6) is 5.75 Å². The number of nitrogens with zero attached hydrogens (tertiary/aromatic N) is 2. The summed E-state index contributed by atoms with van der Waals surface area (Å²) < 4.78 is 7.36. The molecular formula is C20H26IN3O3. The van der Waals surface area contributed by atoms with Gasteiger partial charge in [0, 0.05) is 26.2 Å². The molecule has 146 valence electrons. The molecule has 0 atom stereocenters. The van der Waals surface area contributed by atoms with Gasteiger partial charge in [0.2, 0.25) is 5.52 Å². The third-order valence-corrected chi connectivity index (χ3v) is 4.82. The van der Waals surface area contributed by atoms with Gasteiger partial charge in [0.15, 0.2) is 6.20 Å². The third kappa shape index (κ3) is 5.09. The Morgan fingerprint density at radius 1 is 1.19 bits per heavy atom. The van der Waals surface area contributed by atoms with E-state index < -0.39 is 6.09 Å². The highest BCUT2D eigenvalue weighted by atomic mass is 127. The summed E-state index contributed by atoms with van der Waals surface area (Å²) in [5.41, 5.74) is 1.46. The van der Waals surface area contributed by atoms with Crippen molar-refractivity contribution in [1.82, 2.24) is 10.2 Å². The number of carbonyl (C=O) groups is 2. The van der Waals surface area contributed by atoms with Crippen molar-refractivity contribution in [3.05, 3.63) is 36.0 Å².